The number of benzene rings is 2. The SMILES string of the molecule is C[C@@H](Nc1ncnc2nc[nH]c12)c1nc2ccc(F)c(Cl)c2c(=O)n1-c1c(Cl)cccc1Cl. The molecule has 2 N–H and O–H groups in total. The van der Waals surface area contributed by atoms with Gasteiger partial charge in [0.2, 0.25) is 0 Å². The maximum Gasteiger partial charge on any atom is 0.267 e. The number of aromatic amines is 1. The summed E-state index contributed by atoms with van der Waals surface area (Å²) in [6.07, 6.45) is 2.87. The van der Waals surface area contributed by atoms with Gasteiger partial charge in [0.15, 0.2) is 11.5 Å². The molecular weight excluding hydrogens is 492 g/mol. The molecule has 0 spiro atoms. The minimum absolute atomic E-state index is 0.0819. The van der Waals surface area contributed by atoms with Crippen molar-refractivity contribution in [1.82, 2.24) is 29.5 Å². The Labute approximate surface area is 200 Å². The molecule has 0 fully saturated rings. The fourth-order valence-electron chi connectivity index (χ4n) is 3.58. The minimum atomic E-state index is -0.735. The van der Waals surface area contributed by atoms with Gasteiger partial charge in [-0.05, 0) is 31.2 Å². The van der Waals surface area contributed by atoms with Crippen LogP contribution in [0.4, 0.5) is 10.2 Å². The van der Waals surface area contributed by atoms with E-state index in [0.29, 0.717) is 17.0 Å². The van der Waals surface area contributed by atoms with Gasteiger partial charge in [-0.15, -0.1) is 0 Å². The number of nitrogens with zero attached hydrogens (tertiary/aromatic N) is 5. The number of para-hydroxylation sites is 1. The third kappa shape index (κ3) is 3.58. The highest BCUT2D eigenvalue weighted by atomic mass is 35.5. The lowest BCUT2D eigenvalue weighted by molar-refractivity contribution is 0.629. The number of hydrogen-bond acceptors (Lipinski definition) is 6. The zero-order valence-corrected chi connectivity index (χ0v) is 19.0. The first kappa shape index (κ1) is 21.6. The molecule has 0 aliphatic heterocycles. The van der Waals surface area contributed by atoms with Crippen LogP contribution >= 0.6 is 34.8 Å². The Balaban J connectivity index is 1.78. The van der Waals surface area contributed by atoms with Crippen LogP contribution in [-0.2, 0) is 0 Å². The van der Waals surface area contributed by atoms with Crippen molar-refractivity contribution in [2.75, 3.05) is 5.32 Å². The highest BCUT2D eigenvalue weighted by Gasteiger charge is 2.24. The summed E-state index contributed by atoms with van der Waals surface area (Å²) in [4.78, 5) is 33.7. The van der Waals surface area contributed by atoms with E-state index < -0.39 is 17.4 Å². The molecule has 0 radical (unpaired) electrons. The number of fused-ring (bicyclic) bond motifs is 2. The van der Waals surface area contributed by atoms with E-state index in [4.69, 9.17) is 34.8 Å². The first-order valence-electron chi connectivity index (χ1n) is 9.62. The predicted octanol–water partition coefficient (Wildman–Crippen LogP) is 5.32. The molecule has 0 saturated carbocycles. The largest absolute Gasteiger partial charge is 0.358 e. The van der Waals surface area contributed by atoms with Crippen molar-refractivity contribution in [3.05, 3.63) is 80.0 Å². The number of nitrogens with one attached hydrogen (secondary N) is 2. The van der Waals surface area contributed by atoms with Gasteiger partial charge < -0.3 is 10.3 Å². The summed E-state index contributed by atoms with van der Waals surface area (Å²) >= 11 is 19.0. The summed E-state index contributed by atoms with van der Waals surface area (Å²) in [5.74, 6) is -0.0221. The van der Waals surface area contributed by atoms with E-state index in [9.17, 15) is 9.18 Å². The van der Waals surface area contributed by atoms with Crippen molar-refractivity contribution in [3.63, 3.8) is 0 Å². The summed E-state index contributed by atoms with van der Waals surface area (Å²) in [6.45, 7) is 1.78. The number of halogens is 4. The lowest BCUT2D eigenvalue weighted by Crippen LogP contribution is -2.28. The van der Waals surface area contributed by atoms with Gasteiger partial charge in [-0.3, -0.25) is 9.36 Å². The molecule has 8 nitrogen and oxygen atoms in total. The van der Waals surface area contributed by atoms with Crippen LogP contribution in [0.15, 0.2) is 47.8 Å². The average Bonchev–Trinajstić information content (AvgIpc) is 3.27. The van der Waals surface area contributed by atoms with E-state index >= 15 is 0 Å². The molecule has 0 aliphatic rings. The van der Waals surface area contributed by atoms with E-state index in [1.165, 1.54) is 23.3 Å². The Morgan fingerprint density at radius 2 is 1.85 bits per heavy atom. The van der Waals surface area contributed by atoms with Crippen LogP contribution in [0.2, 0.25) is 15.1 Å². The van der Waals surface area contributed by atoms with Crippen molar-refractivity contribution in [2.24, 2.45) is 0 Å². The van der Waals surface area contributed by atoms with E-state index in [-0.39, 0.29) is 37.5 Å². The van der Waals surface area contributed by atoms with E-state index in [1.54, 1.807) is 25.1 Å². The van der Waals surface area contributed by atoms with Crippen LogP contribution in [0.5, 0.6) is 0 Å². The number of hydrogen-bond donors (Lipinski definition) is 2. The molecule has 0 aliphatic carbocycles. The second-order valence-corrected chi connectivity index (χ2v) is 8.32. The van der Waals surface area contributed by atoms with E-state index in [1.807, 2.05) is 0 Å². The fraction of sp³-hybridized carbons (Fsp3) is 0.0952. The number of anilines is 1. The smallest absolute Gasteiger partial charge is 0.267 e. The summed E-state index contributed by atoms with van der Waals surface area (Å²) in [7, 11) is 0. The summed E-state index contributed by atoms with van der Waals surface area (Å²) < 4.78 is 15.4. The highest BCUT2D eigenvalue weighted by Crippen LogP contribution is 2.32. The quantitative estimate of drug-likeness (QED) is 0.343. The van der Waals surface area contributed by atoms with Crippen molar-refractivity contribution >= 4 is 62.7 Å². The van der Waals surface area contributed by atoms with Crippen molar-refractivity contribution in [3.8, 4) is 5.69 Å². The Hall–Kier alpha value is -3.27. The van der Waals surface area contributed by atoms with Gasteiger partial charge in [-0.2, -0.15) is 0 Å². The van der Waals surface area contributed by atoms with E-state index in [2.05, 4.69) is 30.2 Å². The lowest BCUT2D eigenvalue weighted by Gasteiger charge is -2.21. The number of rotatable bonds is 4. The molecule has 33 heavy (non-hydrogen) atoms. The molecule has 0 amide bonds. The van der Waals surface area contributed by atoms with Gasteiger partial charge in [0.1, 0.15) is 23.5 Å². The molecule has 166 valence electrons. The normalized spacial score (nSPS) is 12.4. The lowest BCUT2D eigenvalue weighted by atomic mass is 10.2. The van der Waals surface area contributed by atoms with Crippen LogP contribution in [-0.4, -0.2) is 29.5 Å². The van der Waals surface area contributed by atoms with Crippen LogP contribution < -0.4 is 10.9 Å². The molecular formula is C21H13Cl3FN7O. The molecule has 1 atom stereocenters. The van der Waals surface area contributed by atoms with Crippen molar-refractivity contribution in [1.29, 1.82) is 0 Å². The maximum atomic E-state index is 14.2. The fourth-order valence-corrected chi connectivity index (χ4v) is 4.39. The Kier molecular flexibility index (Phi) is 5.40. The first-order chi connectivity index (χ1) is 15.9. The topological polar surface area (TPSA) is 101 Å². The number of imidazole rings is 1. The van der Waals surface area contributed by atoms with Gasteiger partial charge in [0, 0.05) is 0 Å². The molecule has 3 heterocycles. The van der Waals surface area contributed by atoms with Crippen LogP contribution in [0.3, 0.4) is 0 Å². The molecule has 5 rings (SSSR count). The molecule has 0 bridgehead atoms. The number of H-pyrrole nitrogens is 1. The summed E-state index contributed by atoms with van der Waals surface area (Å²) in [5.41, 5.74) is 0.875. The van der Waals surface area contributed by atoms with E-state index in [0.717, 1.165) is 6.07 Å². The van der Waals surface area contributed by atoms with Crippen LogP contribution in [0, 0.1) is 5.82 Å². The molecule has 12 heteroatoms. The molecule has 3 aromatic heterocycles. The standard InChI is InChI=1S/C21H13Cl3FN7O/c1-9(30-19-16-18(27-7-26-16)28-8-29-19)20-31-13-6-5-12(25)15(24)14(13)21(33)32(20)17-10(22)3-2-4-11(17)23/h2-9H,1H3,(H2,26,27,28,29,30)/t9-/m1/s1. The van der Waals surface area contributed by atoms with Gasteiger partial charge in [-0.25, -0.2) is 24.3 Å². The monoisotopic (exact) mass is 503 g/mol. The third-order valence-corrected chi connectivity index (χ3v) is 6.06. The third-order valence-electron chi connectivity index (χ3n) is 5.08. The van der Waals surface area contributed by atoms with Gasteiger partial charge in [0.25, 0.3) is 5.56 Å². The zero-order chi connectivity index (χ0) is 23.3. The van der Waals surface area contributed by atoms with Crippen LogP contribution in [0.25, 0.3) is 27.8 Å². The van der Waals surface area contributed by atoms with Crippen molar-refractivity contribution < 1.29 is 4.39 Å². The summed E-state index contributed by atoms with van der Waals surface area (Å²) in [6, 6.07) is 6.80. The molecule has 0 unspecified atom stereocenters. The predicted molar refractivity (Wildman–Crippen MR) is 126 cm³/mol. The summed E-state index contributed by atoms with van der Waals surface area (Å²) in [5, 5.41) is 3.23. The molecule has 0 saturated heterocycles. The van der Waals surface area contributed by atoms with Crippen molar-refractivity contribution in [2.45, 2.75) is 13.0 Å². The average molecular weight is 505 g/mol. The Morgan fingerprint density at radius 1 is 1.09 bits per heavy atom. The Morgan fingerprint density at radius 3 is 2.61 bits per heavy atom. The molecule has 5 aromatic rings. The van der Waals surface area contributed by atoms with Gasteiger partial charge >= 0.3 is 0 Å². The second-order valence-electron chi connectivity index (χ2n) is 7.13. The molecule has 2 aromatic carbocycles. The zero-order valence-electron chi connectivity index (χ0n) is 16.8. The second kappa shape index (κ2) is 8.26. The number of aromatic nitrogens is 6. The maximum absolute atomic E-state index is 14.2. The minimum Gasteiger partial charge on any atom is -0.358 e. The van der Waals surface area contributed by atoms with Crippen LogP contribution in [0.1, 0.15) is 18.8 Å². The first-order valence-corrected chi connectivity index (χ1v) is 10.8. The van der Waals surface area contributed by atoms with Gasteiger partial charge in [-0.1, -0.05) is 40.9 Å². The highest BCUT2D eigenvalue weighted by molar-refractivity contribution is 6.38. The van der Waals surface area contributed by atoms with Gasteiger partial charge in [0.05, 0.1) is 44.0 Å². The Bertz CT molecular complexity index is 1580.